The van der Waals surface area contributed by atoms with Crippen molar-refractivity contribution in [2.45, 2.75) is 43.4 Å². The van der Waals surface area contributed by atoms with Gasteiger partial charge in [-0.1, -0.05) is 6.07 Å². The molecule has 1 amide bonds. The molecule has 1 aliphatic heterocycles. The fourth-order valence-corrected chi connectivity index (χ4v) is 6.81. The van der Waals surface area contributed by atoms with Crippen LogP contribution in [0, 0.1) is 11.8 Å². The lowest BCUT2D eigenvalue weighted by molar-refractivity contribution is -0.153. The topological polar surface area (TPSA) is 163 Å². The molecule has 0 radical (unpaired) electrons. The van der Waals surface area contributed by atoms with Gasteiger partial charge in [-0.2, -0.15) is 0 Å². The highest BCUT2D eigenvalue weighted by atomic mass is 16.3. The number of carbonyl (C=O) groups excluding carboxylic acids is 3. The van der Waals surface area contributed by atoms with Gasteiger partial charge in [0.25, 0.3) is 5.91 Å². The molecule has 0 aromatic heterocycles. The molecule has 1 aromatic rings. The maximum Gasteiger partial charge on any atom is 0.258 e. The predicted molar refractivity (Wildman–Crippen MR) is 143 cm³/mol. The lowest BCUT2D eigenvalue weighted by Crippen LogP contribution is -2.65. The van der Waals surface area contributed by atoms with Crippen LogP contribution in [0.5, 0.6) is 5.75 Å². The molecular formula is C28H36N4O7. The van der Waals surface area contributed by atoms with Crippen molar-refractivity contribution in [2.75, 3.05) is 46.6 Å². The Bertz CT molecular complexity index is 1310. The zero-order chi connectivity index (χ0) is 28.4. The van der Waals surface area contributed by atoms with Gasteiger partial charge in [0.1, 0.15) is 22.8 Å². The Labute approximate surface area is 226 Å². The van der Waals surface area contributed by atoms with Gasteiger partial charge >= 0.3 is 0 Å². The van der Waals surface area contributed by atoms with E-state index in [9.17, 15) is 34.8 Å². The van der Waals surface area contributed by atoms with E-state index < -0.39 is 58.0 Å². The summed E-state index contributed by atoms with van der Waals surface area (Å²) in [5.41, 5.74) is -2.20. The predicted octanol–water partition coefficient (Wildman–Crippen LogP) is 0.731. The van der Waals surface area contributed by atoms with E-state index in [0.717, 1.165) is 25.9 Å². The molecule has 39 heavy (non-hydrogen) atoms. The highest BCUT2D eigenvalue weighted by Crippen LogP contribution is 2.53. The second-order valence-corrected chi connectivity index (χ2v) is 11.4. The van der Waals surface area contributed by atoms with Gasteiger partial charge < -0.3 is 36.0 Å². The molecule has 0 bridgehead atoms. The van der Waals surface area contributed by atoms with E-state index >= 15 is 0 Å². The number of rotatable bonds is 4. The van der Waals surface area contributed by atoms with Crippen LogP contribution < -0.4 is 10.6 Å². The van der Waals surface area contributed by atoms with Gasteiger partial charge in [0.05, 0.1) is 17.3 Å². The Morgan fingerprint density at radius 3 is 2.41 bits per heavy atom. The van der Waals surface area contributed by atoms with Gasteiger partial charge in [-0.3, -0.25) is 19.3 Å². The number of nitrogens with zero attached hydrogens (tertiary/aromatic N) is 2. The van der Waals surface area contributed by atoms with Gasteiger partial charge in [0.15, 0.2) is 11.4 Å². The Morgan fingerprint density at radius 2 is 1.79 bits per heavy atom. The monoisotopic (exact) mass is 540 g/mol. The van der Waals surface area contributed by atoms with E-state index in [1.807, 2.05) is 0 Å². The molecular weight excluding hydrogens is 504 g/mol. The molecule has 11 heteroatoms. The van der Waals surface area contributed by atoms with Crippen LogP contribution in [0.15, 0.2) is 29.0 Å². The minimum atomic E-state index is -2.60. The average molecular weight is 541 g/mol. The van der Waals surface area contributed by atoms with Crippen molar-refractivity contribution in [2.24, 2.45) is 11.8 Å². The summed E-state index contributed by atoms with van der Waals surface area (Å²) < 4.78 is 0. The standard InChI is InChI=1S/C28H36N4O7/c1-29-27(38)20-24(35)21(31(2)3)16-12-14-11-13-5-6-17(30-15-7-9-32(4)10-8-15)22(33)18(13)23(34)19(14)25(36)28(16,39)26(20)37/h5-6,14-16,21,30,33-34,37,39H,7-12H2,1-4H3,(H,29,38)/t14-,16-,21-,28-/m0/s1. The number of amides is 1. The van der Waals surface area contributed by atoms with Crippen LogP contribution in [0.3, 0.4) is 0 Å². The van der Waals surface area contributed by atoms with Crippen molar-refractivity contribution in [1.82, 2.24) is 15.1 Å². The van der Waals surface area contributed by atoms with Crippen LogP contribution in [-0.2, 0) is 20.8 Å². The van der Waals surface area contributed by atoms with Crippen LogP contribution in [0.2, 0.25) is 0 Å². The number of likely N-dealkylation sites (tertiary alicyclic amines) is 1. The average Bonchev–Trinajstić information content (AvgIpc) is 2.88. The van der Waals surface area contributed by atoms with Crippen LogP contribution >= 0.6 is 0 Å². The van der Waals surface area contributed by atoms with Gasteiger partial charge in [-0.25, -0.2) is 0 Å². The fraction of sp³-hybridized carbons (Fsp3) is 0.536. The summed E-state index contributed by atoms with van der Waals surface area (Å²) in [7, 11) is 6.54. The summed E-state index contributed by atoms with van der Waals surface area (Å²) in [6, 6.07) is 2.66. The van der Waals surface area contributed by atoms with Crippen LogP contribution in [0.25, 0.3) is 5.76 Å². The van der Waals surface area contributed by atoms with Crippen molar-refractivity contribution in [3.05, 3.63) is 40.2 Å². The minimum Gasteiger partial charge on any atom is -0.508 e. The molecule has 0 unspecified atom stereocenters. The molecule has 11 nitrogen and oxygen atoms in total. The molecule has 3 aliphatic carbocycles. The van der Waals surface area contributed by atoms with Gasteiger partial charge in [0, 0.05) is 24.6 Å². The molecule has 0 spiro atoms. The van der Waals surface area contributed by atoms with Crippen molar-refractivity contribution in [1.29, 1.82) is 0 Å². The Kier molecular flexibility index (Phi) is 6.72. The number of carbonyl (C=O) groups is 3. The number of likely N-dealkylation sites (N-methyl/N-ethyl adjacent to an activating group) is 2. The first-order valence-corrected chi connectivity index (χ1v) is 13.3. The molecule has 1 aromatic carbocycles. The molecule has 4 atom stereocenters. The summed E-state index contributed by atoms with van der Waals surface area (Å²) in [6.07, 6.45) is 2.16. The third kappa shape index (κ3) is 4.02. The maximum absolute atomic E-state index is 14.0. The number of ketones is 2. The highest BCUT2D eigenvalue weighted by Gasteiger charge is 2.64. The second kappa shape index (κ2) is 9.65. The van der Waals surface area contributed by atoms with Crippen LogP contribution in [-0.4, -0.2) is 107 Å². The normalized spacial score (nSPS) is 29.7. The van der Waals surface area contributed by atoms with E-state index in [1.54, 1.807) is 26.2 Å². The minimum absolute atomic E-state index is 0.0943. The number of aliphatic hydroxyl groups excluding tert-OH is 2. The highest BCUT2D eigenvalue weighted by molar-refractivity contribution is 6.24. The smallest absolute Gasteiger partial charge is 0.258 e. The van der Waals surface area contributed by atoms with Gasteiger partial charge in [-0.15, -0.1) is 0 Å². The third-order valence-corrected chi connectivity index (χ3v) is 8.88. The SMILES string of the molecule is CNC(=O)C1=C(O)[C@@]2(O)C(=O)C3=C(O)c4c(ccc(NC5CCN(C)CC5)c4O)C[C@H]3C[C@H]2[C@H](N(C)C)C1=O. The first kappa shape index (κ1) is 27.2. The Hall–Kier alpha value is -3.41. The van der Waals surface area contributed by atoms with Crippen LogP contribution in [0.1, 0.15) is 30.4 Å². The summed E-state index contributed by atoms with van der Waals surface area (Å²) >= 11 is 0. The number of anilines is 1. The molecule has 1 saturated carbocycles. The molecule has 210 valence electrons. The van der Waals surface area contributed by atoms with Crippen molar-refractivity contribution < 1.29 is 34.8 Å². The Balaban J connectivity index is 1.59. The zero-order valence-corrected chi connectivity index (χ0v) is 22.6. The Morgan fingerprint density at radius 1 is 1.13 bits per heavy atom. The number of phenolic OH excluding ortho intramolecular Hbond substituents is 1. The lowest BCUT2D eigenvalue weighted by atomic mass is 9.57. The maximum atomic E-state index is 14.0. The summed E-state index contributed by atoms with van der Waals surface area (Å²) in [6.45, 7) is 1.83. The molecule has 2 fully saturated rings. The number of phenols is 1. The summed E-state index contributed by atoms with van der Waals surface area (Å²) in [4.78, 5) is 43.6. The number of Topliss-reactive ketones (excluding diaryl/α,β-unsaturated/α-hetero) is 2. The number of benzene rings is 1. The zero-order valence-electron chi connectivity index (χ0n) is 22.6. The van der Waals surface area contributed by atoms with Gasteiger partial charge in [0.2, 0.25) is 5.78 Å². The second-order valence-electron chi connectivity index (χ2n) is 11.4. The number of aliphatic hydroxyl groups is 3. The first-order chi connectivity index (χ1) is 18.4. The van der Waals surface area contributed by atoms with E-state index in [4.69, 9.17) is 0 Å². The summed E-state index contributed by atoms with van der Waals surface area (Å²) in [5.74, 6) is -5.85. The van der Waals surface area contributed by atoms with E-state index in [1.165, 1.54) is 11.9 Å². The van der Waals surface area contributed by atoms with E-state index in [2.05, 4.69) is 22.6 Å². The van der Waals surface area contributed by atoms with Crippen molar-refractivity contribution in [3.63, 3.8) is 0 Å². The van der Waals surface area contributed by atoms with Crippen LogP contribution in [0.4, 0.5) is 5.69 Å². The third-order valence-electron chi connectivity index (χ3n) is 8.88. The molecule has 6 N–H and O–H groups in total. The molecule has 1 heterocycles. The number of hydrogen-bond acceptors (Lipinski definition) is 10. The van der Waals surface area contributed by atoms with Crippen molar-refractivity contribution in [3.8, 4) is 5.75 Å². The fourth-order valence-electron chi connectivity index (χ4n) is 6.81. The number of piperidine rings is 1. The number of fused-ring (bicyclic) bond motifs is 3. The number of nitrogens with one attached hydrogen (secondary N) is 2. The van der Waals surface area contributed by atoms with Gasteiger partial charge in [-0.05, 0) is 77.5 Å². The molecule has 4 aliphatic rings. The molecule has 5 rings (SSSR count). The largest absolute Gasteiger partial charge is 0.508 e. The first-order valence-electron chi connectivity index (χ1n) is 13.3. The number of aromatic hydroxyl groups is 1. The number of hydrogen-bond donors (Lipinski definition) is 6. The summed E-state index contributed by atoms with van der Waals surface area (Å²) in [5, 5.41) is 51.1. The van der Waals surface area contributed by atoms with E-state index in [-0.39, 0.29) is 35.8 Å². The lowest BCUT2D eigenvalue weighted by Gasteiger charge is -2.50. The van der Waals surface area contributed by atoms with Crippen molar-refractivity contribution >= 4 is 28.9 Å². The van der Waals surface area contributed by atoms with E-state index in [0.29, 0.717) is 11.3 Å². The molecule has 1 saturated heterocycles. The quantitative estimate of drug-likeness (QED) is 0.237.